The standard InChI is InChI=1S/C11H15BrN2/c12-10-3-1-9(2-4-10)11(5-6-11)14-8-7-13/h1-4,14H,5-8,13H2. The second kappa shape index (κ2) is 4.01. The van der Waals surface area contributed by atoms with E-state index in [1.54, 1.807) is 0 Å². The van der Waals surface area contributed by atoms with Crippen LogP contribution in [0, 0.1) is 0 Å². The molecule has 2 rings (SSSR count). The summed E-state index contributed by atoms with van der Waals surface area (Å²) in [5.74, 6) is 0. The molecule has 76 valence electrons. The van der Waals surface area contributed by atoms with Gasteiger partial charge in [0.05, 0.1) is 0 Å². The van der Waals surface area contributed by atoms with E-state index < -0.39 is 0 Å². The lowest BCUT2D eigenvalue weighted by atomic mass is 10.1. The number of benzene rings is 1. The van der Waals surface area contributed by atoms with E-state index in [1.807, 2.05) is 0 Å². The fourth-order valence-electron chi connectivity index (χ4n) is 1.77. The minimum absolute atomic E-state index is 0.236. The molecule has 1 aromatic rings. The molecular formula is C11H15BrN2. The van der Waals surface area contributed by atoms with Gasteiger partial charge in [-0.2, -0.15) is 0 Å². The van der Waals surface area contributed by atoms with Crippen LogP contribution in [0.4, 0.5) is 0 Å². The molecule has 2 nitrogen and oxygen atoms in total. The predicted octanol–water partition coefficient (Wildman–Crippen LogP) is 1.99. The van der Waals surface area contributed by atoms with Crippen molar-refractivity contribution in [3.63, 3.8) is 0 Å². The zero-order valence-electron chi connectivity index (χ0n) is 8.09. The zero-order valence-corrected chi connectivity index (χ0v) is 9.68. The van der Waals surface area contributed by atoms with E-state index in [1.165, 1.54) is 18.4 Å². The molecule has 1 aromatic carbocycles. The molecule has 0 radical (unpaired) electrons. The van der Waals surface area contributed by atoms with Crippen molar-refractivity contribution in [2.75, 3.05) is 13.1 Å². The van der Waals surface area contributed by atoms with Gasteiger partial charge < -0.3 is 11.1 Å². The highest BCUT2D eigenvalue weighted by atomic mass is 79.9. The highest BCUT2D eigenvalue weighted by molar-refractivity contribution is 9.10. The van der Waals surface area contributed by atoms with E-state index in [2.05, 4.69) is 45.5 Å². The lowest BCUT2D eigenvalue weighted by molar-refractivity contribution is 0.527. The summed E-state index contributed by atoms with van der Waals surface area (Å²) in [4.78, 5) is 0. The van der Waals surface area contributed by atoms with Crippen LogP contribution < -0.4 is 11.1 Å². The summed E-state index contributed by atoms with van der Waals surface area (Å²) in [6.45, 7) is 1.61. The first-order valence-corrected chi connectivity index (χ1v) is 5.77. The first-order valence-electron chi connectivity index (χ1n) is 4.98. The van der Waals surface area contributed by atoms with Crippen molar-refractivity contribution in [2.45, 2.75) is 18.4 Å². The molecule has 1 aliphatic carbocycles. The van der Waals surface area contributed by atoms with Crippen LogP contribution >= 0.6 is 15.9 Å². The van der Waals surface area contributed by atoms with Crippen molar-refractivity contribution >= 4 is 15.9 Å². The van der Waals surface area contributed by atoms with Crippen LogP contribution in [0.5, 0.6) is 0 Å². The van der Waals surface area contributed by atoms with Crippen molar-refractivity contribution < 1.29 is 0 Å². The maximum absolute atomic E-state index is 5.50. The second-order valence-corrected chi connectivity index (χ2v) is 4.72. The lowest BCUT2D eigenvalue weighted by Gasteiger charge is -2.17. The van der Waals surface area contributed by atoms with E-state index in [-0.39, 0.29) is 5.54 Å². The summed E-state index contributed by atoms with van der Waals surface area (Å²) in [7, 11) is 0. The highest BCUT2D eigenvalue weighted by Crippen LogP contribution is 2.45. The monoisotopic (exact) mass is 254 g/mol. The van der Waals surface area contributed by atoms with E-state index in [9.17, 15) is 0 Å². The van der Waals surface area contributed by atoms with Crippen LogP contribution in [0.1, 0.15) is 18.4 Å². The maximum atomic E-state index is 5.50. The molecule has 1 aliphatic rings. The van der Waals surface area contributed by atoms with Gasteiger partial charge in [-0.3, -0.25) is 0 Å². The molecule has 3 heteroatoms. The number of hydrogen-bond donors (Lipinski definition) is 2. The number of nitrogens with two attached hydrogens (primary N) is 1. The first-order chi connectivity index (χ1) is 6.77. The smallest absolute Gasteiger partial charge is 0.0436 e. The van der Waals surface area contributed by atoms with Gasteiger partial charge in [-0.05, 0) is 30.5 Å². The Balaban J connectivity index is 2.10. The third-order valence-corrected chi connectivity index (χ3v) is 3.28. The normalized spacial score (nSPS) is 18.1. The molecule has 14 heavy (non-hydrogen) atoms. The van der Waals surface area contributed by atoms with Gasteiger partial charge in [0.25, 0.3) is 0 Å². The molecule has 1 saturated carbocycles. The summed E-state index contributed by atoms with van der Waals surface area (Å²) >= 11 is 3.44. The number of hydrogen-bond acceptors (Lipinski definition) is 2. The SMILES string of the molecule is NCCNC1(c2ccc(Br)cc2)CC1. The fraction of sp³-hybridized carbons (Fsp3) is 0.455. The summed E-state index contributed by atoms with van der Waals surface area (Å²) in [5, 5.41) is 3.52. The first kappa shape index (κ1) is 10.1. The molecule has 0 aliphatic heterocycles. The van der Waals surface area contributed by atoms with E-state index in [0.29, 0.717) is 6.54 Å². The largest absolute Gasteiger partial charge is 0.329 e. The molecule has 0 unspecified atom stereocenters. The average Bonchev–Trinajstić information content (AvgIpc) is 2.97. The van der Waals surface area contributed by atoms with Crippen molar-refractivity contribution in [3.05, 3.63) is 34.3 Å². The minimum atomic E-state index is 0.236. The van der Waals surface area contributed by atoms with Crippen LogP contribution in [-0.4, -0.2) is 13.1 Å². The van der Waals surface area contributed by atoms with Crippen LogP contribution in [0.2, 0.25) is 0 Å². The Labute approximate surface area is 93.0 Å². The van der Waals surface area contributed by atoms with Crippen LogP contribution in [-0.2, 0) is 5.54 Å². The maximum Gasteiger partial charge on any atom is 0.0436 e. The number of nitrogens with one attached hydrogen (secondary N) is 1. The Morgan fingerprint density at radius 3 is 2.43 bits per heavy atom. The summed E-state index contributed by atoms with van der Waals surface area (Å²) < 4.78 is 1.14. The quantitative estimate of drug-likeness (QED) is 0.863. The van der Waals surface area contributed by atoms with Crippen LogP contribution in [0.25, 0.3) is 0 Å². The zero-order chi connectivity index (χ0) is 10.0. The number of rotatable bonds is 4. The number of halogens is 1. The van der Waals surface area contributed by atoms with Gasteiger partial charge >= 0.3 is 0 Å². The molecule has 0 heterocycles. The fourth-order valence-corrected chi connectivity index (χ4v) is 2.04. The Morgan fingerprint density at radius 1 is 1.29 bits per heavy atom. The Hall–Kier alpha value is -0.380. The predicted molar refractivity (Wildman–Crippen MR) is 62.1 cm³/mol. The lowest BCUT2D eigenvalue weighted by Crippen LogP contribution is -2.33. The van der Waals surface area contributed by atoms with Crippen molar-refractivity contribution in [1.82, 2.24) is 5.32 Å². The Bertz CT molecular complexity index is 304. The van der Waals surface area contributed by atoms with Crippen molar-refractivity contribution in [2.24, 2.45) is 5.73 Å². The third-order valence-electron chi connectivity index (χ3n) is 2.75. The van der Waals surface area contributed by atoms with Gasteiger partial charge in [0, 0.05) is 23.1 Å². The average molecular weight is 255 g/mol. The molecule has 3 N–H and O–H groups in total. The second-order valence-electron chi connectivity index (χ2n) is 3.80. The summed E-state index contributed by atoms with van der Waals surface area (Å²) in [5.41, 5.74) is 7.12. The molecule has 0 aromatic heterocycles. The summed E-state index contributed by atoms with van der Waals surface area (Å²) in [6.07, 6.45) is 2.46. The highest BCUT2D eigenvalue weighted by Gasteiger charge is 2.43. The molecule has 0 amide bonds. The van der Waals surface area contributed by atoms with Crippen molar-refractivity contribution in [3.8, 4) is 0 Å². The topological polar surface area (TPSA) is 38.0 Å². The minimum Gasteiger partial charge on any atom is -0.329 e. The van der Waals surface area contributed by atoms with Gasteiger partial charge in [0.15, 0.2) is 0 Å². The molecule has 0 spiro atoms. The summed E-state index contributed by atoms with van der Waals surface area (Å²) in [6, 6.07) is 8.56. The van der Waals surface area contributed by atoms with Gasteiger partial charge in [0.1, 0.15) is 0 Å². The molecule has 0 bridgehead atoms. The molecule has 0 saturated heterocycles. The van der Waals surface area contributed by atoms with Gasteiger partial charge in [0.2, 0.25) is 0 Å². The van der Waals surface area contributed by atoms with Crippen LogP contribution in [0.3, 0.4) is 0 Å². The Morgan fingerprint density at radius 2 is 1.93 bits per heavy atom. The van der Waals surface area contributed by atoms with E-state index >= 15 is 0 Å². The molecule has 0 atom stereocenters. The van der Waals surface area contributed by atoms with Gasteiger partial charge in [-0.1, -0.05) is 28.1 Å². The van der Waals surface area contributed by atoms with Gasteiger partial charge in [-0.15, -0.1) is 0 Å². The molecular weight excluding hydrogens is 240 g/mol. The molecule has 1 fully saturated rings. The van der Waals surface area contributed by atoms with Crippen molar-refractivity contribution in [1.29, 1.82) is 0 Å². The van der Waals surface area contributed by atoms with Gasteiger partial charge in [-0.25, -0.2) is 0 Å². The van der Waals surface area contributed by atoms with Crippen LogP contribution in [0.15, 0.2) is 28.7 Å². The third kappa shape index (κ3) is 2.00. The van der Waals surface area contributed by atoms with E-state index in [0.717, 1.165) is 11.0 Å². The van der Waals surface area contributed by atoms with E-state index in [4.69, 9.17) is 5.73 Å². The Kier molecular flexibility index (Phi) is 2.91.